The van der Waals surface area contributed by atoms with Crippen molar-refractivity contribution in [3.8, 4) is 0 Å². The first kappa shape index (κ1) is 13.4. The monoisotopic (exact) mass is 264 g/mol. The molecule has 0 aromatic heterocycles. The maximum Gasteiger partial charge on any atom is 0.238 e. The first-order valence-corrected chi connectivity index (χ1v) is 7.53. The standard InChI is InChI=1S/C14H20N2OS/c1-10-4-6-12(7-5-10)14-15-8-13(17)16(14)9-11(2)18-3/h4-7,11,14-15H,8-9H2,1-3H3. The fourth-order valence-electron chi connectivity index (χ4n) is 2.15. The van der Waals surface area contributed by atoms with Gasteiger partial charge >= 0.3 is 0 Å². The third kappa shape index (κ3) is 2.87. The van der Waals surface area contributed by atoms with Crippen LogP contribution in [0.4, 0.5) is 0 Å². The van der Waals surface area contributed by atoms with Crippen LogP contribution < -0.4 is 5.32 Å². The zero-order valence-corrected chi connectivity index (χ0v) is 12.0. The van der Waals surface area contributed by atoms with E-state index in [1.165, 1.54) is 11.1 Å². The predicted molar refractivity (Wildman–Crippen MR) is 76.6 cm³/mol. The van der Waals surface area contributed by atoms with E-state index in [-0.39, 0.29) is 12.1 Å². The molecule has 1 saturated heterocycles. The van der Waals surface area contributed by atoms with Crippen LogP contribution in [0.3, 0.4) is 0 Å². The molecule has 1 N–H and O–H groups in total. The lowest BCUT2D eigenvalue weighted by atomic mass is 10.1. The van der Waals surface area contributed by atoms with Crippen molar-refractivity contribution in [2.45, 2.75) is 25.3 Å². The Kier molecular flexibility index (Phi) is 4.30. The van der Waals surface area contributed by atoms with Crippen molar-refractivity contribution in [3.63, 3.8) is 0 Å². The van der Waals surface area contributed by atoms with Gasteiger partial charge in [-0.3, -0.25) is 10.1 Å². The highest BCUT2D eigenvalue weighted by Gasteiger charge is 2.32. The van der Waals surface area contributed by atoms with E-state index in [4.69, 9.17) is 0 Å². The molecular weight excluding hydrogens is 244 g/mol. The first-order chi connectivity index (χ1) is 8.61. The summed E-state index contributed by atoms with van der Waals surface area (Å²) in [5.74, 6) is 0.196. The number of thioether (sulfide) groups is 1. The summed E-state index contributed by atoms with van der Waals surface area (Å²) in [6.45, 7) is 5.47. The van der Waals surface area contributed by atoms with Gasteiger partial charge in [-0.1, -0.05) is 36.8 Å². The Morgan fingerprint density at radius 1 is 1.44 bits per heavy atom. The number of carbonyl (C=O) groups is 1. The summed E-state index contributed by atoms with van der Waals surface area (Å²) in [4.78, 5) is 13.9. The number of hydrogen-bond acceptors (Lipinski definition) is 3. The zero-order chi connectivity index (χ0) is 13.1. The van der Waals surface area contributed by atoms with Crippen LogP contribution in [-0.4, -0.2) is 35.4 Å². The van der Waals surface area contributed by atoms with Crippen LogP contribution in [0.5, 0.6) is 0 Å². The van der Waals surface area contributed by atoms with Crippen molar-refractivity contribution in [3.05, 3.63) is 35.4 Å². The number of hydrogen-bond donors (Lipinski definition) is 1. The van der Waals surface area contributed by atoms with E-state index in [1.54, 1.807) is 11.8 Å². The van der Waals surface area contributed by atoms with Crippen LogP contribution in [0.1, 0.15) is 24.2 Å². The predicted octanol–water partition coefficient (Wildman–Crippen LogP) is 2.18. The maximum atomic E-state index is 11.9. The molecule has 2 unspecified atom stereocenters. The molecule has 98 valence electrons. The van der Waals surface area contributed by atoms with Gasteiger partial charge in [0.25, 0.3) is 0 Å². The van der Waals surface area contributed by atoms with E-state index >= 15 is 0 Å². The van der Waals surface area contributed by atoms with Crippen molar-refractivity contribution >= 4 is 17.7 Å². The van der Waals surface area contributed by atoms with Crippen LogP contribution in [0.25, 0.3) is 0 Å². The maximum absolute atomic E-state index is 11.9. The summed E-state index contributed by atoms with van der Waals surface area (Å²) < 4.78 is 0. The Balaban J connectivity index is 2.15. The fourth-order valence-corrected chi connectivity index (χ4v) is 2.45. The number of benzene rings is 1. The molecule has 1 heterocycles. The average Bonchev–Trinajstić information content (AvgIpc) is 2.72. The smallest absolute Gasteiger partial charge is 0.238 e. The molecule has 1 aromatic carbocycles. The van der Waals surface area contributed by atoms with Crippen LogP contribution >= 0.6 is 11.8 Å². The number of carbonyl (C=O) groups excluding carboxylic acids is 1. The minimum atomic E-state index is 0.0349. The largest absolute Gasteiger partial charge is 0.321 e. The molecule has 1 aliphatic heterocycles. The lowest BCUT2D eigenvalue weighted by molar-refractivity contribution is -0.128. The normalized spacial score (nSPS) is 21.4. The highest BCUT2D eigenvalue weighted by molar-refractivity contribution is 7.99. The summed E-state index contributed by atoms with van der Waals surface area (Å²) in [7, 11) is 0. The summed E-state index contributed by atoms with van der Waals surface area (Å²) in [5, 5.41) is 3.75. The van der Waals surface area contributed by atoms with Gasteiger partial charge in [0.1, 0.15) is 6.17 Å². The molecule has 0 spiro atoms. The summed E-state index contributed by atoms with van der Waals surface area (Å²) in [5.41, 5.74) is 2.41. The quantitative estimate of drug-likeness (QED) is 0.904. The summed E-state index contributed by atoms with van der Waals surface area (Å²) >= 11 is 1.79. The second kappa shape index (κ2) is 5.76. The van der Waals surface area contributed by atoms with Crippen molar-refractivity contribution in [2.75, 3.05) is 19.3 Å². The van der Waals surface area contributed by atoms with Gasteiger partial charge in [0.15, 0.2) is 0 Å². The zero-order valence-electron chi connectivity index (χ0n) is 11.1. The lowest BCUT2D eigenvalue weighted by Gasteiger charge is -2.27. The van der Waals surface area contributed by atoms with Crippen molar-refractivity contribution in [1.82, 2.24) is 10.2 Å². The molecule has 18 heavy (non-hydrogen) atoms. The van der Waals surface area contributed by atoms with Gasteiger partial charge in [-0.05, 0) is 18.7 Å². The minimum Gasteiger partial charge on any atom is -0.321 e. The van der Waals surface area contributed by atoms with Crippen LogP contribution in [-0.2, 0) is 4.79 Å². The van der Waals surface area contributed by atoms with Crippen LogP contribution in [0.2, 0.25) is 0 Å². The topological polar surface area (TPSA) is 32.3 Å². The molecule has 0 radical (unpaired) electrons. The molecule has 0 bridgehead atoms. The number of amides is 1. The van der Waals surface area contributed by atoms with E-state index in [0.717, 1.165) is 6.54 Å². The molecule has 2 rings (SSSR count). The van der Waals surface area contributed by atoms with Gasteiger partial charge in [0, 0.05) is 11.8 Å². The van der Waals surface area contributed by atoms with Gasteiger partial charge in [-0.2, -0.15) is 11.8 Å². The van der Waals surface area contributed by atoms with E-state index in [0.29, 0.717) is 11.8 Å². The van der Waals surface area contributed by atoms with Gasteiger partial charge < -0.3 is 4.90 Å². The fraction of sp³-hybridized carbons (Fsp3) is 0.500. The Bertz CT molecular complexity index is 418. The number of aryl methyl sites for hydroxylation is 1. The lowest BCUT2D eigenvalue weighted by Crippen LogP contribution is -2.34. The molecule has 1 amide bonds. The van der Waals surface area contributed by atoms with Crippen molar-refractivity contribution < 1.29 is 4.79 Å². The van der Waals surface area contributed by atoms with Gasteiger partial charge in [0.2, 0.25) is 5.91 Å². The Labute approximate surface area is 113 Å². The van der Waals surface area contributed by atoms with E-state index < -0.39 is 0 Å². The van der Waals surface area contributed by atoms with Gasteiger partial charge in [0.05, 0.1) is 6.54 Å². The second-order valence-corrected chi connectivity index (χ2v) is 6.06. The van der Waals surface area contributed by atoms with Crippen LogP contribution in [0, 0.1) is 6.92 Å². The Morgan fingerprint density at radius 2 is 2.11 bits per heavy atom. The van der Waals surface area contributed by atoms with Gasteiger partial charge in [-0.25, -0.2) is 0 Å². The second-order valence-electron chi connectivity index (χ2n) is 4.79. The SMILES string of the molecule is CSC(C)CN1C(=O)CNC1c1ccc(C)cc1. The van der Waals surface area contributed by atoms with Gasteiger partial charge in [-0.15, -0.1) is 0 Å². The highest BCUT2D eigenvalue weighted by Crippen LogP contribution is 2.24. The summed E-state index contributed by atoms with van der Waals surface area (Å²) in [6, 6.07) is 8.39. The molecule has 1 aliphatic rings. The Hall–Kier alpha value is -1.00. The van der Waals surface area contributed by atoms with E-state index in [9.17, 15) is 4.79 Å². The third-order valence-electron chi connectivity index (χ3n) is 3.33. The molecule has 1 aromatic rings. The van der Waals surface area contributed by atoms with E-state index in [2.05, 4.69) is 49.7 Å². The molecular formula is C14H20N2OS. The van der Waals surface area contributed by atoms with Crippen molar-refractivity contribution in [1.29, 1.82) is 0 Å². The molecule has 0 saturated carbocycles. The van der Waals surface area contributed by atoms with Crippen LogP contribution in [0.15, 0.2) is 24.3 Å². The average molecular weight is 264 g/mol. The molecule has 2 atom stereocenters. The molecule has 4 heteroatoms. The van der Waals surface area contributed by atoms with E-state index in [1.807, 2.05) is 4.90 Å². The minimum absolute atomic E-state index is 0.0349. The Morgan fingerprint density at radius 3 is 2.72 bits per heavy atom. The number of rotatable bonds is 4. The summed E-state index contributed by atoms with van der Waals surface area (Å²) in [6.07, 6.45) is 2.12. The molecule has 1 fully saturated rings. The van der Waals surface area contributed by atoms with Crippen molar-refractivity contribution in [2.24, 2.45) is 0 Å². The molecule has 0 aliphatic carbocycles. The number of nitrogens with one attached hydrogen (secondary N) is 1. The molecule has 3 nitrogen and oxygen atoms in total. The number of nitrogens with zero attached hydrogens (tertiary/aromatic N) is 1. The third-order valence-corrected chi connectivity index (χ3v) is 4.28. The first-order valence-electron chi connectivity index (χ1n) is 6.24. The highest BCUT2D eigenvalue weighted by atomic mass is 32.2.